The third kappa shape index (κ3) is 2.22. The Kier molecular flexibility index (Phi) is 3.49. The maximum atomic E-state index is 5.83. The highest BCUT2D eigenvalue weighted by Crippen LogP contribution is 2.28. The molecule has 16 heavy (non-hydrogen) atoms. The van der Waals surface area contributed by atoms with Gasteiger partial charge in [0.05, 0.1) is 0 Å². The minimum Gasteiger partial charge on any atom is -0.371 e. The summed E-state index contributed by atoms with van der Waals surface area (Å²) in [6, 6.07) is 6.64. The van der Waals surface area contributed by atoms with Crippen molar-refractivity contribution in [3.8, 4) is 0 Å². The van der Waals surface area contributed by atoms with Crippen LogP contribution in [0.15, 0.2) is 18.2 Å². The predicted octanol–water partition coefficient (Wildman–Crippen LogP) is 2.69. The van der Waals surface area contributed by atoms with E-state index >= 15 is 0 Å². The normalized spacial score (nSPS) is 20.4. The van der Waals surface area contributed by atoms with Crippen LogP contribution in [-0.4, -0.2) is 13.1 Å². The van der Waals surface area contributed by atoms with Gasteiger partial charge in [-0.2, -0.15) is 0 Å². The van der Waals surface area contributed by atoms with E-state index in [0.29, 0.717) is 6.54 Å². The molecule has 88 valence electrons. The van der Waals surface area contributed by atoms with Gasteiger partial charge in [-0.3, -0.25) is 0 Å². The molecule has 2 N–H and O–H groups in total. The van der Waals surface area contributed by atoms with E-state index in [1.54, 1.807) is 0 Å². The van der Waals surface area contributed by atoms with Crippen LogP contribution in [0.4, 0.5) is 5.69 Å². The van der Waals surface area contributed by atoms with Gasteiger partial charge in [0.1, 0.15) is 0 Å². The number of anilines is 1. The van der Waals surface area contributed by atoms with Crippen molar-refractivity contribution in [3.63, 3.8) is 0 Å². The number of aryl methyl sites for hydroxylation is 1. The molecule has 0 spiro atoms. The highest BCUT2D eigenvalue weighted by molar-refractivity contribution is 5.55. The predicted molar refractivity (Wildman–Crippen MR) is 69.7 cm³/mol. The zero-order valence-electron chi connectivity index (χ0n) is 10.4. The lowest BCUT2D eigenvalue weighted by Crippen LogP contribution is -2.21. The number of nitrogens with two attached hydrogens (primary N) is 1. The minimum atomic E-state index is 0.643. The van der Waals surface area contributed by atoms with E-state index in [2.05, 4.69) is 36.9 Å². The fourth-order valence-corrected chi connectivity index (χ4v) is 2.57. The van der Waals surface area contributed by atoms with Crippen LogP contribution in [0.1, 0.15) is 30.9 Å². The smallest absolute Gasteiger partial charge is 0.0412 e. The average molecular weight is 218 g/mol. The van der Waals surface area contributed by atoms with Gasteiger partial charge < -0.3 is 10.6 Å². The highest BCUT2D eigenvalue weighted by Gasteiger charge is 2.22. The van der Waals surface area contributed by atoms with Crippen LogP contribution in [0.3, 0.4) is 0 Å². The minimum absolute atomic E-state index is 0.643. The summed E-state index contributed by atoms with van der Waals surface area (Å²) in [5.41, 5.74) is 9.77. The molecule has 1 heterocycles. The first-order valence-corrected chi connectivity index (χ1v) is 6.29. The van der Waals surface area contributed by atoms with Crippen LogP contribution in [0.2, 0.25) is 0 Å². The van der Waals surface area contributed by atoms with Crippen molar-refractivity contribution in [2.24, 2.45) is 11.7 Å². The van der Waals surface area contributed by atoms with Crippen molar-refractivity contribution >= 4 is 5.69 Å². The maximum Gasteiger partial charge on any atom is 0.0412 e. The fourth-order valence-electron chi connectivity index (χ4n) is 2.57. The first kappa shape index (κ1) is 11.5. The SMILES string of the molecule is CCC1CCN(c2ccc(C)cc2CN)C1. The number of hydrogen-bond acceptors (Lipinski definition) is 2. The van der Waals surface area contributed by atoms with E-state index < -0.39 is 0 Å². The third-order valence-electron chi connectivity index (χ3n) is 3.66. The number of rotatable bonds is 3. The van der Waals surface area contributed by atoms with E-state index in [1.807, 2.05) is 0 Å². The van der Waals surface area contributed by atoms with Crippen LogP contribution >= 0.6 is 0 Å². The standard InChI is InChI=1S/C14H22N2/c1-3-12-6-7-16(10-12)14-5-4-11(2)8-13(14)9-15/h4-5,8,12H,3,6-7,9-10,15H2,1-2H3. The molecule has 1 atom stereocenters. The van der Waals surface area contributed by atoms with Gasteiger partial charge in [0.25, 0.3) is 0 Å². The van der Waals surface area contributed by atoms with E-state index in [4.69, 9.17) is 5.73 Å². The Morgan fingerprint density at radius 3 is 2.88 bits per heavy atom. The van der Waals surface area contributed by atoms with Gasteiger partial charge in [0, 0.05) is 25.3 Å². The maximum absolute atomic E-state index is 5.83. The van der Waals surface area contributed by atoms with E-state index in [1.165, 1.54) is 42.7 Å². The molecule has 0 saturated carbocycles. The van der Waals surface area contributed by atoms with Crippen LogP contribution in [-0.2, 0) is 6.54 Å². The van der Waals surface area contributed by atoms with Gasteiger partial charge >= 0.3 is 0 Å². The lowest BCUT2D eigenvalue weighted by atomic mass is 10.1. The van der Waals surface area contributed by atoms with Crippen molar-refractivity contribution in [3.05, 3.63) is 29.3 Å². The van der Waals surface area contributed by atoms with Gasteiger partial charge in [-0.15, -0.1) is 0 Å². The quantitative estimate of drug-likeness (QED) is 0.845. The number of benzene rings is 1. The third-order valence-corrected chi connectivity index (χ3v) is 3.66. The zero-order valence-corrected chi connectivity index (χ0v) is 10.4. The van der Waals surface area contributed by atoms with Gasteiger partial charge in [-0.05, 0) is 30.9 Å². The molecule has 2 heteroatoms. The fraction of sp³-hybridized carbons (Fsp3) is 0.571. The molecule has 1 aliphatic rings. The lowest BCUT2D eigenvalue weighted by molar-refractivity contribution is 0.569. The molecule has 0 bridgehead atoms. The van der Waals surface area contributed by atoms with Crippen LogP contribution < -0.4 is 10.6 Å². The van der Waals surface area contributed by atoms with Crippen molar-refractivity contribution in [2.45, 2.75) is 33.2 Å². The molecule has 0 amide bonds. The molecule has 1 saturated heterocycles. The highest BCUT2D eigenvalue weighted by atomic mass is 15.2. The van der Waals surface area contributed by atoms with Crippen LogP contribution in [0.25, 0.3) is 0 Å². The largest absolute Gasteiger partial charge is 0.371 e. The summed E-state index contributed by atoms with van der Waals surface area (Å²) in [6.07, 6.45) is 2.62. The second-order valence-corrected chi connectivity index (χ2v) is 4.85. The summed E-state index contributed by atoms with van der Waals surface area (Å²) < 4.78 is 0. The molecule has 2 nitrogen and oxygen atoms in total. The number of nitrogens with zero attached hydrogens (tertiary/aromatic N) is 1. The Balaban J connectivity index is 2.20. The van der Waals surface area contributed by atoms with E-state index in [0.717, 1.165) is 5.92 Å². The average Bonchev–Trinajstić information content (AvgIpc) is 2.77. The van der Waals surface area contributed by atoms with Crippen molar-refractivity contribution < 1.29 is 0 Å². The van der Waals surface area contributed by atoms with Crippen molar-refractivity contribution in [2.75, 3.05) is 18.0 Å². The molecular weight excluding hydrogens is 196 g/mol. The van der Waals surface area contributed by atoms with Crippen LogP contribution in [0, 0.1) is 12.8 Å². The van der Waals surface area contributed by atoms with Gasteiger partial charge in [0.2, 0.25) is 0 Å². The zero-order chi connectivity index (χ0) is 11.5. The lowest BCUT2D eigenvalue weighted by Gasteiger charge is -2.22. The topological polar surface area (TPSA) is 29.3 Å². The second kappa shape index (κ2) is 4.88. The monoisotopic (exact) mass is 218 g/mol. The first-order valence-electron chi connectivity index (χ1n) is 6.29. The van der Waals surface area contributed by atoms with Crippen LogP contribution in [0.5, 0.6) is 0 Å². The molecule has 1 unspecified atom stereocenters. The Labute approximate surface area is 98.4 Å². The Morgan fingerprint density at radius 1 is 1.44 bits per heavy atom. The van der Waals surface area contributed by atoms with Gasteiger partial charge in [-0.25, -0.2) is 0 Å². The summed E-state index contributed by atoms with van der Waals surface area (Å²) in [6.45, 7) is 7.44. The summed E-state index contributed by atoms with van der Waals surface area (Å²) in [4.78, 5) is 2.50. The molecule has 0 aromatic heterocycles. The molecule has 0 radical (unpaired) electrons. The molecule has 1 aromatic carbocycles. The molecule has 1 aliphatic heterocycles. The Morgan fingerprint density at radius 2 is 2.25 bits per heavy atom. The van der Waals surface area contributed by atoms with Crippen molar-refractivity contribution in [1.29, 1.82) is 0 Å². The summed E-state index contributed by atoms with van der Waals surface area (Å²) >= 11 is 0. The summed E-state index contributed by atoms with van der Waals surface area (Å²) in [5.74, 6) is 0.868. The van der Waals surface area contributed by atoms with Crippen molar-refractivity contribution in [1.82, 2.24) is 0 Å². The van der Waals surface area contributed by atoms with Gasteiger partial charge in [0.15, 0.2) is 0 Å². The molecule has 0 aliphatic carbocycles. The molecule has 1 aromatic rings. The Hall–Kier alpha value is -1.02. The summed E-state index contributed by atoms with van der Waals surface area (Å²) in [5, 5.41) is 0. The Bertz CT molecular complexity index is 360. The number of hydrogen-bond donors (Lipinski definition) is 1. The first-order chi connectivity index (χ1) is 7.74. The van der Waals surface area contributed by atoms with E-state index in [-0.39, 0.29) is 0 Å². The second-order valence-electron chi connectivity index (χ2n) is 4.85. The molecule has 1 fully saturated rings. The molecule has 2 rings (SSSR count). The van der Waals surface area contributed by atoms with Gasteiger partial charge in [-0.1, -0.05) is 31.0 Å². The van der Waals surface area contributed by atoms with E-state index in [9.17, 15) is 0 Å². The summed E-state index contributed by atoms with van der Waals surface area (Å²) in [7, 11) is 0. The molecular formula is C14H22N2.